The number of fused-ring (bicyclic) bond motifs is 7. The van der Waals surface area contributed by atoms with Gasteiger partial charge in [0.1, 0.15) is 6.17 Å². The van der Waals surface area contributed by atoms with Gasteiger partial charge in [0, 0.05) is 23.9 Å². The molecule has 0 radical (unpaired) electrons. The van der Waals surface area contributed by atoms with Crippen molar-refractivity contribution in [3.05, 3.63) is 23.8 Å². The third-order valence-corrected chi connectivity index (χ3v) is 9.44. The zero-order valence-electron chi connectivity index (χ0n) is 20.0. The summed E-state index contributed by atoms with van der Waals surface area (Å²) >= 11 is 0. The van der Waals surface area contributed by atoms with Crippen LogP contribution < -0.4 is 0 Å². The highest BCUT2D eigenvalue weighted by Gasteiger charge is 2.81. The molecule has 7 nitrogen and oxygen atoms in total. The molecule has 34 heavy (non-hydrogen) atoms. The molecule has 9 heteroatoms. The largest absolute Gasteiger partial charge is 0.390 e. The molecule has 4 fully saturated rings. The summed E-state index contributed by atoms with van der Waals surface area (Å²) < 4.78 is 50.1. The molecule has 1 heterocycles. The number of ketones is 2. The van der Waals surface area contributed by atoms with E-state index < -0.39 is 76.0 Å². The second kappa shape index (κ2) is 7.03. The van der Waals surface area contributed by atoms with E-state index in [1.807, 2.05) is 0 Å². The predicted molar refractivity (Wildman–Crippen MR) is 115 cm³/mol. The number of methoxy groups -OCH3 is 1. The lowest BCUT2D eigenvalue weighted by atomic mass is 9.44. The van der Waals surface area contributed by atoms with E-state index in [0.29, 0.717) is 0 Å². The average Bonchev–Trinajstić information content (AvgIpc) is 3.16. The van der Waals surface area contributed by atoms with Crippen LogP contribution in [0, 0.1) is 22.7 Å². The maximum atomic E-state index is 17.3. The van der Waals surface area contributed by atoms with Gasteiger partial charge >= 0.3 is 0 Å². The van der Waals surface area contributed by atoms with Crippen LogP contribution in [0.1, 0.15) is 47.0 Å². The Bertz CT molecular complexity index is 1010. The number of allylic oxidation sites excluding steroid dienone is 4. The molecule has 0 aromatic heterocycles. The minimum atomic E-state index is -2.28. The van der Waals surface area contributed by atoms with Crippen LogP contribution >= 0.6 is 0 Å². The van der Waals surface area contributed by atoms with Crippen LogP contribution in [0.2, 0.25) is 0 Å². The van der Waals surface area contributed by atoms with Gasteiger partial charge in [-0.1, -0.05) is 13.0 Å². The van der Waals surface area contributed by atoms with Crippen molar-refractivity contribution < 1.29 is 42.8 Å². The van der Waals surface area contributed by atoms with Crippen LogP contribution in [0.4, 0.5) is 8.78 Å². The molecule has 5 rings (SSSR count). The van der Waals surface area contributed by atoms with Crippen molar-refractivity contribution in [2.45, 2.75) is 88.7 Å². The number of aliphatic hydroxyl groups excluding tert-OH is 2. The second-order valence-electron chi connectivity index (χ2n) is 11.4. The fourth-order valence-electron chi connectivity index (χ4n) is 8.03. The normalized spacial score (nSPS) is 51.7. The van der Waals surface area contributed by atoms with Crippen LogP contribution in [0.15, 0.2) is 23.8 Å². The molecule has 0 amide bonds. The van der Waals surface area contributed by atoms with Crippen molar-refractivity contribution in [1.29, 1.82) is 0 Å². The summed E-state index contributed by atoms with van der Waals surface area (Å²) in [5, 5.41) is 21.8. The quantitative estimate of drug-likeness (QED) is 0.596. The molecule has 2 N–H and O–H groups in total. The topological polar surface area (TPSA) is 102 Å². The van der Waals surface area contributed by atoms with E-state index in [-0.39, 0.29) is 24.8 Å². The summed E-state index contributed by atoms with van der Waals surface area (Å²) in [6.45, 7) is 6.55. The molecular weight excluding hydrogens is 450 g/mol. The van der Waals surface area contributed by atoms with Crippen LogP contribution in [0.25, 0.3) is 0 Å². The molecule has 3 saturated carbocycles. The summed E-state index contributed by atoms with van der Waals surface area (Å²) in [5.41, 5.74) is -6.64. The highest BCUT2D eigenvalue weighted by Crippen LogP contribution is 2.72. The number of halogens is 2. The molecule has 1 saturated heterocycles. The predicted octanol–water partition coefficient (Wildman–Crippen LogP) is 2.34. The average molecular weight is 483 g/mol. The Labute approximate surface area is 197 Å². The molecule has 0 spiro atoms. The van der Waals surface area contributed by atoms with Crippen LogP contribution in [-0.4, -0.2) is 70.6 Å². The summed E-state index contributed by atoms with van der Waals surface area (Å²) in [6, 6.07) is 0. The lowest BCUT2D eigenvalue weighted by Gasteiger charge is -2.63. The van der Waals surface area contributed by atoms with Gasteiger partial charge in [-0.2, -0.15) is 0 Å². The summed E-state index contributed by atoms with van der Waals surface area (Å²) in [4.78, 5) is 25.5. The number of alkyl halides is 2. The Morgan fingerprint density at radius 3 is 2.56 bits per heavy atom. The number of ether oxygens (including phenoxy) is 3. The van der Waals surface area contributed by atoms with Gasteiger partial charge in [-0.25, -0.2) is 8.78 Å². The van der Waals surface area contributed by atoms with Crippen molar-refractivity contribution in [2.75, 3.05) is 7.11 Å². The van der Waals surface area contributed by atoms with Crippen LogP contribution in [-0.2, 0) is 23.8 Å². The fraction of sp³-hybridized carbons (Fsp3) is 0.760. The number of hydrogen-bond donors (Lipinski definition) is 2. The number of rotatable bonds is 3. The van der Waals surface area contributed by atoms with Crippen molar-refractivity contribution in [1.82, 2.24) is 0 Å². The van der Waals surface area contributed by atoms with E-state index in [4.69, 9.17) is 14.2 Å². The molecule has 4 aliphatic carbocycles. The first-order valence-corrected chi connectivity index (χ1v) is 11.8. The van der Waals surface area contributed by atoms with Gasteiger partial charge in [-0.05, 0) is 63.7 Å². The van der Waals surface area contributed by atoms with Gasteiger partial charge < -0.3 is 24.4 Å². The number of hydrogen-bond acceptors (Lipinski definition) is 7. The Balaban J connectivity index is 1.66. The van der Waals surface area contributed by atoms with Gasteiger partial charge in [-0.3, -0.25) is 9.59 Å². The number of Topliss-reactive ketones (excluding diaryl/α,β-unsaturated/α-hetero) is 1. The van der Waals surface area contributed by atoms with Crippen molar-refractivity contribution in [3.63, 3.8) is 0 Å². The van der Waals surface area contributed by atoms with E-state index in [0.717, 1.165) is 6.08 Å². The second-order valence-corrected chi connectivity index (χ2v) is 11.4. The van der Waals surface area contributed by atoms with E-state index in [1.165, 1.54) is 26.2 Å². The first kappa shape index (κ1) is 24.2. The number of carbonyl (C=O) groups is 2. The van der Waals surface area contributed by atoms with E-state index >= 15 is 8.78 Å². The fourth-order valence-corrected chi connectivity index (χ4v) is 8.03. The maximum absolute atomic E-state index is 17.3. The number of carbonyl (C=O) groups excluding carboxylic acids is 2. The molecule has 10 atom stereocenters. The standard InChI is InChI=1S/C25H32F2O7/c1-21(2)33-18-10-13-14-9-16(26)15-8-12(28)6-7-22(15,3)24(14,27)17(29)11-23(13,4)25(18,34-21)19(30)20(31)32-5/h6-8,13-14,16-18,20,29,31H,9-11H2,1-5H3/t13-,14-,16-,17-,18?,20?,22-,23-,24-,25-/m0/s1. The Morgan fingerprint density at radius 1 is 1.24 bits per heavy atom. The van der Waals surface area contributed by atoms with Gasteiger partial charge in [0.05, 0.1) is 12.2 Å². The van der Waals surface area contributed by atoms with E-state index in [2.05, 4.69) is 0 Å². The third kappa shape index (κ3) is 2.62. The van der Waals surface area contributed by atoms with Crippen molar-refractivity contribution in [2.24, 2.45) is 22.7 Å². The minimum Gasteiger partial charge on any atom is -0.390 e. The molecule has 0 aromatic carbocycles. The van der Waals surface area contributed by atoms with E-state index in [1.54, 1.807) is 20.8 Å². The minimum absolute atomic E-state index is 0.0359. The third-order valence-electron chi connectivity index (χ3n) is 9.44. The zero-order valence-corrected chi connectivity index (χ0v) is 20.0. The lowest BCUT2D eigenvalue weighted by Crippen LogP contribution is -2.71. The lowest BCUT2D eigenvalue weighted by molar-refractivity contribution is -0.253. The molecular formula is C25H32F2O7. The zero-order chi connectivity index (χ0) is 25.1. The van der Waals surface area contributed by atoms with Crippen molar-refractivity contribution >= 4 is 11.6 Å². The number of aliphatic hydroxyl groups is 2. The highest BCUT2D eigenvalue weighted by atomic mass is 19.1. The van der Waals surface area contributed by atoms with Crippen LogP contribution in [0.3, 0.4) is 0 Å². The molecule has 0 aromatic rings. The summed E-state index contributed by atoms with van der Waals surface area (Å²) in [6.07, 6.45) is -2.31. The van der Waals surface area contributed by atoms with Crippen molar-refractivity contribution in [3.8, 4) is 0 Å². The highest BCUT2D eigenvalue weighted by molar-refractivity contribution is 6.01. The molecule has 5 aliphatic rings. The molecule has 0 bridgehead atoms. The van der Waals surface area contributed by atoms with Crippen LogP contribution in [0.5, 0.6) is 0 Å². The van der Waals surface area contributed by atoms with Gasteiger partial charge in [0.2, 0.25) is 12.1 Å². The SMILES string of the molecule is COC(O)C(=O)[C@@]12OC(C)(C)OC1C[C@H]1[C@@H]3C[C@H](F)C4=CC(=O)C=C[C@]4(C)[C@@]3(F)[C@@H](O)C[C@@]12C. The first-order chi connectivity index (χ1) is 15.7. The maximum Gasteiger partial charge on any atom is 0.223 e. The molecule has 1 aliphatic heterocycles. The van der Waals surface area contributed by atoms with E-state index in [9.17, 15) is 19.8 Å². The molecule has 2 unspecified atom stereocenters. The Kier molecular flexibility index (Phi) is 5.00. The Morgan fingerprint density at radius 2 is 1.91 bits per heavy atom. The smallest absolute Gasteiger partial charge is 0.223 e. The summed E-state index contributed by atoms with van der Waals surface area (Å²) in [5.74, 6) is -3.92. The monoisotopic (exact) mass is 482 g/mol. The van der Waals surface area contributed by atoms with Gasteiger partial charge in [0.15, 0.2) is 22.8 Å². The van der Waals surface area contributed by atoms with Gasteiger partial charge in [-0.15, -0.1) is 0 Å². The van der Waals surface area contributed by atoms with Gasteiger partial charge in [0.25, 0.3) is 0 Å². The Hall–Kier alpha value is -1.52. The molecule has 188 valence electrons. The summed E-state index contributed by atoms with van der Waals surface area (Å²) in [7, 11) is 1.19. The first-order valence-electron chi connectivity index (χ1n) is 11.8.